The van der Waals surface area contributed by atoms with Crippen LogP contribution in [0.2, 0.25) is 26.3 Å². The van der Waals surface area contributed by atoms with Crippen molar-refractivity contribution in [3.05, 3.63) is 0 Å². The molecule has 0 radical (unpaired) electrons. The molecule has 0 aliphatic heterocycles. The van der Waals surface area contributed by atoms with Gasteiger partial charge in [-0.3, -0.25) is 0 Å². The van der Waals surface area contributed by atoms with E-state index in [1.807, 2.05) is 0 Å². The number of hydrogen-bond acceptors (Lipinski definition) is 0. The van der Waals surface area contributed by atoms with Gasteiger partial charge in [0.2, 0.25) is 0 Å². The van der Waals surface area contributed by atoms with E-state index in [9.17, 15) is 0 Å². The van der Waals surface area contributed by atoms with Crippen molar-refractivity contribution in [1.29, 1.82) is 0 Å². The van der Waals surface area contributed by atoms with E-state index in [0.717, 1.165) is 0 Å². The molecule has 0 rings (SSSR count). The summed E-state index contributed by atoms with van der Waals surface area (Å²) >= 11 is 0. The maximum Gasteiger partial charge on any atom is 0.116 e. The Morgan fingerprint density at radius 3 is 1.50 bits per heavy atom. The van der Waals surface area contributed by atoms with Crippen molar-refractivity contribution in [3.63, 3.8) is 0 Å². The standard InChI is InChI=1S/C4H12B2/c1-5-3-4-6-2/h5-6H,3-4H2,1-2H3. The second-order valence-corrected chi connectivity index (χ2v) is 1.71. The first-order chi connectivity index (χ1) is 2.91. The van der Waals surface area contributed by atoms with Gasteiger partial charge in [-0.25, -0.2) is 0 Å². The smallest absolute Gasteiger partial charge is 0.0894 e. The summed E-state index contributed by atoms with van der Waals surface area (Å²) in [5, 5.41) is 0. The third-order valence-electron chi connectivity index (χ3n) is 0.957. The van der Waals surface area contributed by atoms with Gasteiger partial charge in [-0.2, -0.15) is 0 Å². The maximum absolute atomic E-state index is 2.23. The van der Waals surface area contributed by atoms with E-state index in [-0.39, 0.29) is 0 Å². The molecule has 34 valence electrons. The average molecular weight is 81.8 g/mol. The quantitative estimate of drug-likeness (QED) is 0.348. The molecule has 6 heavy (non-hydrogen) atoms. The van der Waals surface area contributed by atoms with Crippen LogP contribution in [0.5, 0.6) is 0 Å². The molecule has 0 amide bonds. The number of rotatable bonds is 3. The minimum atomic E-state index is 1.36. The second kappa shape index (κ2) is 5.13. The van der Waals surface area contributed by atoms with Gasteiger partial charge in [0.25, 0.3) is 0 Å². The normalized spacial score (nSPS) is 7.67. The van der Waals surface area contributed by atoms with Crippen molar-refractivity contribution >= 4 is 14.6 Å². The Bertz CT molecular complexity index is 17.5. The van der Waals surface area contributed by atoms with Gasteiger partial charge in [-0.1, -0.05) is 26.3 Å². The summed E-state index contributed by atoms with van der Waals surface area (Å²) in [6.45, 7) is 4.46. The Morgan fingerprint density at radius 2 is 1.33 bits per heavy atom. The van der Waals surface area contributed by atoms with Crippen LogP contribution in [-0.2, 0) is 0 Å². The van der Waals surface area contributed by atoms with Gasteiger partial charge in [-0.05, 0) is 0 Å². The zero-order chi connectivity index (χ0) is 4.83. The molecule has 0 aromatic carbocycles. The first kappa shape index (κ1) is 6.13. The highest BCUT2D eigenvalue weighted by Crippen LogP contribution is 1.84. The largest absolute Gasteiger partial charge is 0.116 e. The first-order valence-corrected chi connectivity index (χ1v) is 2.91. The van der Waals surface area contributed by atoms with Gasteiger partial charge >= 0.3 is 0 Å². The molecule has 0 aromatic heterocycles. The predicted octanol–water partition coefficient (Wildman–Crippen LogP) is 0.792. The van der Waals surface area contributed by atoms with Gasteiger partial charge in [-0.15, -0.1) is 0 Å². The lowest BCUT2D eigenvalue weighted by molar-refractivity contribution is 1.41. The Hall–Kier alpha value is 0.130. The van der Waals surface area contributed by atoms with Crippen molar-refractivity contribution in [2.75, 3.05) is 0 Å². The van der Waals surface area contributed by atoms with E-state index in [4.69, 9.17) is 0 Å². The molecule has 0 bridgehead atoms. The summed E-state index contributed by atoms with van der Waals surface area (Å²) in [7, 11) is 2.71. The zero-order valence-electron chi connectivity index (χ0n) is 4.83. The van der Waals surface area contributed by atoms with E-state index < -0.39 is 0 Å². The van der Waals surface area contributed by atoms with Crippen LogP contribution in [0.25, 0.3) is 0 Å². The van der Waals surface area contributed by atoms with Crippen LogP contribution in [0.15, 0.2) is 0 Å². The summed E-state index contributed by atoms with van der Waals surface area (Å²) < 4.78 is 0. The molecule has 0 N–H and O–H groups in total. The molecule has 0 nitrogen and oxygen atoms in total. The van der Waals surface area contributed by atoms with Gasteiger partial charge in [0, 0.05) is 0 Å². The van der Waals surface area contributed by atoms with Gasteiger partial charge in [0.05, 0.1) is 0 Å². The van der Waals surface area contributed by atoms with E-state index >= 15 is 0 Å². The monoisotopic (exact) mass is 82.1 g/mol. The van der Waals surface area contributed by atoms with Crippen molar-refractivity contribution in [2.45, 2.75) is 26.3 Å². The molecular formula is C4H12B2. The topological polar surface area (TPSA) is 0 Å². The Morgan fingerprint density at radius 1 is 1.00 bits per heavy atom. The predicted molar refractivity (Wildman–Crippen MR) is 35.6 cm³/mol. The molecule has 0 aliphatic carbocycles. The molecule has 0 saturated heterocycles. The highest BCUT2D eigenvalue weighted by molar-refractivity contribution is 6.40. The lowest BCUT2D eigenvalue weighted by atomic mass is 9.65. The molecule has 0 spiro atoms. The molecule has 0 atom stereocenters. The third-order valence-corrected chi connectivity index (χ3v) is 0.957. The lowest BCUT2D eigenvalue weighted by Gasteiger charge is -1.82. The second-order valence-electron chi connectivity index (χ2n) is 1.71. The van der Waals surface area contributed by atoms with Crippen LogP contribution in [0.3, 0.4) is 0 Å². The van der Waals surface area contributed by atoms with Crippen LogP contribution in [0, 0.1) is 0 Å². The minimum absolute atomic E-state index is 1.36. The molecule has 0 aliphatic rings. The lowest BCUT2D eigenvalue weighted by Crippen LogP contribution is -1.83. The van der Waals surface area contributed by atoms with E-state index in [1.165, 1.54) is 27.2 Å². The molecule has 0 fully saturated rings. The summed E-state index contributed by atoms with van der Waals surface area (Å²) in [5.41, 5.74) is 0. The van der Waals surface area contributed by atoms with Crippen LogP contribution in [0.4, 0.5) is 0 Å². The van der Waals surface area contributed by atoms with Gasteiger partial charge in [0.15, 0.2) is 0 Å². The summed E-state index contributed by atoms with van der Waals surface area (Å²) in [6.07, 6.45) is 2.83. The minimum Gasteiger partial charge on any atom is -0.0894 e. The maximum atomic E-state index is 2.23. The van der Waals surface area contributed by atoms with Crippen LogP contribution < -0.4 is 0 Å². The van der Waals surface area contributed by atoms with Crippen molar-refractivity contribution in [1.82, 2.24) is 0 Å². The Kier molecular flexibility index (Phi) is 5.24. The van der Waals surface area contributed by atoms with E-state index in [2.05, 4.69) is 13.6 Å². The van der Waals surface area contributed by atoms with Gasteiger partial charge < -0.3 is 0 Å². The van der Waals surface area contributed by atoms with Crippen molar-refractivity contribution in [3.8, 4) is 0 Å². The van der Waals surface area contributed by atoms with E-state index in [1.54, 1.807) is 0 Å². The van der Waals surface area contributed by atoms with Crippen LogP contribution in [0.1, 0.15) is 0 Å². The van der Waals surface area contributed by atoms with Crippen LogP contribution in [-0.4, -0.2) is 14.6 Å². The number of hydrogen-bond donors (Lipinski definition) is 0. The molecular weight excluding hydrogens is 69.7 g/mol. The molecule has 2 heteroatoms. The zero-order valence-corrected chi connectivity index (χ0v) is 4.83. The molecule has 0 aromatic rings. The summed E-state index contributed by atoms with van der Waals surface area (Å²) in [4.78, 5) is 0. The van der Waals surface area contributed by atoms with Crippen LogP contribution >= 0.6 is 0 Å². The Labute approximate surface area is 41.8 Å². The summed E-state index contributed by atoms with van der Waals surface area (Å²) in [6, 6.07) is 0. The fraction of sp³-hybridized carbons (Fsp3) is 1.00. The molecule has 0 saturated carbocycles. The highest BCUT2D eigenvalue weighted by atomic mass is 13.5. The highest BCUT2D eigenvalue weighted by Gasteiger charge is 1.79. The first-order valence-electron chi connectivity index (χ1n) is 2.91. The molecule has 0 heterocycles. The third kappa shape index (κ3) is 4.13. The average Bonchev–Trinajstić information content (AvgIpc) is 1.61. The van der Waals surface area contributed by atoms with E-state index in [0.29, 0.717) is 0 Å². The molecule has 0 unspecified atom stereocenters. The Balaban J connectivity index is 2.34. The van der Waals surface area contributed by atoms with Gasteiger partial charge in [0.1, 0.15) is 14.6 Å². The van der Waals surface area contributed by atoms with Crippen molar-refractivity contribution in [2.24, 2.45) is 0 Å². The fourth-order valence-corrected chi connectivity index (χ4v) is 0.500. The summed E-state index contributed by atoms with van der Waals surface area (Å²) in [5.74, 6) is 0. The SMILES string of the molecule is CBCCBC. The fourth-order valence-electron chi connectivity index (χ4n) is 0.500. The van der Waals surface area contributed by atoms with Crippen molar-refractivity contribution < 1.29 is 0 Å².